The number of pyridine rings is 1. The van der Waals surface area contributed by atoms with E-state index >= 15 is 0 Å². The van der Waals surface area contributed by atoms with Crippen LogP contribution in [0.3, 0.4) is 0 Å². The highest BCUT2D eigenvalue weighted by molar-refractivity contribution is 6.03. The minimum Gasteiger partial charge on any atom is -0.454 e. The number of rotatable bonds is 7. The summed E-state index contributed by atoms with van der Waals surface area (Å²) in [7, 11) is 3.43. The van der Waals surface area contributed by atoms with Crippen molar-refractivity contribution >= 4 is 11.6 Å². The van der Waals surface area contributed by atoms with E-state index in [-0.39, 0.29) is 28.7 Å². The number of aryl methyl sites for hydroxylation is 2. The number of amides is 1. The van der Waals surface area contributed by atoms with Crippen LogP contribution in [0.5, 0.6) is 11.5 Å². The van der Waals surface area contributed by atoms with Gasteiger partial charge < -0.3 is 10.1 Å². The SMILES string of the molecule is CC(C)n1cc(C(=O)Nc2ccc(Oc3ccnc(-c4cnn(C)c4)c3)c(F)c2)c(=O)n(-c2cnn(C)c2)c1=O. The standard InChI is InChI=1S/C27H25FN8O4/c1-16(2)35-15-21(26(38)36(27(35)39)19-12-31-34(4)14-19)25(37)32-18-5-6-24(22(28)9-18)40-20-7-8-29-23(10-20)17-11-30-33(3)13-17/h5-16H,1-4H3,(H,32,37). The van der Waals surface area contributed by atoms with Crippen molar-refractivity contribution in [1.82, 2.24) is 33.7 Å². The monoisotopic (exact) mass is 544 g/mol. The molecule has 0 spiro atoms. The average molecular weight is 545 g/mol. The van der Waals surface area contributed by atoms with E-state index in [0.717, 1.165) is 16.2 Å². The summed E-state index contributed by atoms with van der Waals surface area (Å²) in [4.78, 5) is 43.6. The van der Waals surface area contributed by atoms with Crippen LogP contribution < -0.4 is 21.3 Å². The fourth-order valence-electron chi connectivity index (χ4n) is 4.02. The third-order valence-electron chi connectivity index (χ3n) is 6.01. The van der Waals surface area contributed by atoms with Crippen molar-refractivity contribution in [3.63, 3.8) is 0 Å². The van der Waals surface area contributed by atoms with Gasteiger partial charge in [-0.3, -0.25) is 28.5 Å². The van der Waals surface area contributed by atoms with Gasteiger partial charge in [-0.1, -0.05) is 0 Å². The molecule has 12 nitrogen and oxygen atoms in total. The Bertz CT molecular complexity index is 1850. The first-order chi connectivity index (χ1) is 19.1. The molecule has 5 aromatic rings. The van der Waals surface area contributed by atoms with Gasteiger partial charge in [-0.2, -0.15) is 10.2 Å². The number of hydrogen-bond acceptors (Lipinski definition) is 7. The third-order valence-corrected chi connectivity index (χ3v) is 6.01. The predicted octanol–water partition coefficient (Wildman–Crippen LogP) is 3.29. The molecule has 0 fully saturated rings. The van der Waals surface area contributed by atoms with Gasteiger partial charge in [0.1, 0.15) is 11.3 Å². The molecule has 4 heterocycles. The van der Waals surface area contributed by atoms with Gasteiger partial charge in [0.05, 0.1) is 23.8 Å². The Morgan fingerprint density at radius 1 is 1.00 bits per heavy atom. The number of carbonyl (C=O) groups excluding carboxylic acids is 1. The van der Waals surface area contributed by atoms with Crippen LogP contribution in [0.2, 0.25) is 0 Å². The van der Waals surface area contributed by atoms with Crippen LogP contribution in [0.25, 0.3) is 16.9 Å². The quantitative estimate of drug-likeness (QED) is 0.333. The van der Waals surface area contributed by atoms with Gasteiger partial charge in [0.25, 0.3) is 11.5 Å². The van der Waals surface area contributed by atoms with Crippen molar-refractivity contribution in [2.45, 2.75) is 19.9 Å². The van der Waals surface area contributed by atoms with Crippen LogP contribution in [-0.2, 0) is 14.1 Å². The van der Waals surface area contributed by atoms with Gasteiger partial charge in [-0.25, -0.2) is 13.8 Å². The number of carbonyl (C=O) groups is 1. The van der Waals surface area contributed by atoms with Crippen molar-refractivity contribution in [1.29, 1.82) is 0 Å². The number of nitrogens with zero attached hydrogens (tertiary/aromatic N) is 7. The zero-order valence-electron chi connectivity index (χ0n) is 22.1. The molecule has 0 unspecified atom stereocenters. The Morgan fingerprint density at radius 2 is 1.75 bits per heavy atom. The summed E-state index contributed by atoms with van der Waals surface area (Å²) in [5, 5.41) is 10.7. The molecule has 13 heteroatoms. The first-order valence-electron chi connectivity index (χ1n) is 12.2. The predicted molar refractivity (Wildman–Crippen MR) is 144 cm³/mol. The summed E-state index contributed by atoms with van der Waals surface area (Å²) in [5.74, 6) is -1.26. The summed E-state index contributed by atoms with van der Waals surface area (Å²) in [6.07, 6.45) is 9.04. The molecule has 0 bridgehead atoms. The molecule has 0 radical (unpaired) electrons. The topological polar surface area (TPSA) is 131 Å². The second kappa shape index (κ2) is 10.4. The van der Waals surface area contributed by atoms with Crippen molar-refractivity contribution < 1.29 is 13.9 Å². The first kappa shape index (κ1) is 26.3. The molecule has 0 aliphatic carbocycles. The lowest BCUT2D eigenvalue weighted by molar-refractivity contribution is 0.102. The summed E-state index contributed by atoms with van der Waals surface area (Å²) < 4.78 is 25.9. The molecule has 40 heavy (non-hydrogen) atoms. The fourth-order valence-corrected chi connectivity index (χ4v) is 4.02. The van der Waals surface area contributed by atoms with Gasteiger partial charge in [0.2, 0.25) is 0 Å². The Labute approximate surface area is 226 Å². The van der Waals surface area contributed by atoms with E-state index in [1.54, 1.807) is 63.3 Å². The van der Waals surface area contributed by atoms with Crippen molar-refractivity contribution in [2.75, 3.05) is 5.32 Å². The maximum Gasteiger partial charge on any atom is 0.336 e. The van der Waals surface area contributed by atoms with Crippen LogP contribution in [0.4, 0.5) is 10.1 Å². The van der Waals surface area contributed by atoms with Gasteiger partial charge in [-0.05, 0) is 32.0 Å². The number of hydrogen-bond donors (Lipinski definition) is 1. The highest BCUT2D eigenvalue weighted by atomic mass is 19.1. The summed E-state index contributed by atoms with van der Waals surface area (Å²) in [6, 6.07) is 6.78. The minimum absolute atomic E-state index is 0.0753. The Morgan fingerprint density at radius 3 is 2.40 bits per heavy atom. The molecule has 0 aliphatic heterocycles. The van der Waals surface area contributed by atoms with E-state index in [4.69, 9.17) is 4.74 Å². The molecule has 5 rings (SSSR count). The molecule has 1 N–H and O–H groups in total. The Hall–Kier alpha value is -5.33. The van der Waals surface area contributed by atoms with Gasteiger partial charge >= 0.3 is 5.69 Å². The van der Waals surface area contributed by atoms with Crippen LogP contribution in [0.15, 0.2) is 77.1 Å². The van der Waals surface area contributed by atoms with E-state index in [0.29, 0.717) is 11.4 Å². The number of ether oxygens (including phenoxy) is 1. The Kier molecular flexibility index (Phi) is 6.86. The zero-order chi connectivity index (χ0) is 28.6. The molecule has 204 valence electrons. The number of halogens is 1. The molecule has 0 saturated carbocycles. The highest BCUT2D eigenvalue weighted by Crippen LogP contribution is 2.29. The lowest BCUT2D eigenvalue weighted by atomic mass is 10.2. The third kappa shape index (κ3) is 5.16. The molecule has 1 amide bonds. The summed E-state index contributed by atoms with van der Waals surface area (Å²) in [6.45, 7) is 3.50. The number of benzene rings is 1. The van der Waals surface area contributed by atoms with E-state index in [9.17, 15) is 18.8 Å². The van der Waals surface area contributed by atoms with E-state index in [2.05, 4.69) is 20.5 Å². The highest BCUT2D eigenvalue weighted by Gasteiger charge is 2.21. The molecular weight excluding hydrogens is 519 g/mol. The van der Waals surface area contributed by atoms with Gasteiger partial charge in [0.15, 0.2) is 11.6 Å². The van der Waals surface area contributed by atoms with E-state index in [1.165, 1.54) is 40.0 Å². The molecule has 4 aromatic heterocycles. The van der Waals surface area contributed by atoms with Crippen molar-refractivity contribution in [3.05, 3.63) is 99.7 Å². The molecule has 0 atom stereocenters. The molecule has 0 saturated heterocycles. The van der Waals surface area contributed by atoms with E-state index < -0.39 is 23.0 Å². The first-order valence-corrected chi connectivity index (χ1v) is 12.2. The van der Waals surface area contributed by atoms with Crippen molar-refractivity contribution in [2.24, 2.45) is 14.1 Å². The molecule has 0 aliphatic rings. The summed E-state index contributed by atoms with van der Waals surface area (Å²) in [5.41, 5.74) is -0.0352. The molecule has 1 aromatic carbocycles. The molecular formula is C27H25FN8O4. The Balaban J connectivity index is 1.40. The second-order valence-electron chi connectivity index (χ2n) is 9.32. The van der Waals surface area contributed by atoms with Crippen LogP contribution >= 0.6 is 0 Å². The maximum absolute atomic E-state index is 15.0. The van der Waals surface area contributed by atoms with E-state index in [1.807, 2.05) is 0 Å². The van der Waals surface area contributed by atoms with Crippen molar-refractivity contribution in [3.8, 4) is 28.4 Å². The normalized spacial score (nSPS) is 11.2. The number of aromatic nitrogens is 7. The van der Waals surface area contributed by atoms with Gasteiger partial charge in [-0.15, -0.1) is 0 Å². The lowest BCUT2D eigenvalue weighted by Crippen LogP contribution is -2.42. The van der Waals surface area contributed by atoms with Gasteiger partial charge in [0, 0.05) is 68.3 Å². The van der Waals surface area contributed by atoms with Crippen LogP contribution in [0.1, 0.15) is 30.2 Å². The minimum atomic E-state index is -0.824. The second-order valence-corrected chi connectivity index (χ2v) is 9.32. The maximum atomic E-state index is 15.0. The van der Waals surface area contributed by atoms with Crippen LogP contribution in [0, 0.1) is 5.82 Å². The average Bonchev–Trinajstić information content (AvgIpc) is 3.54. The number of anilines is 1. The van der Waals surface area contributed by atoms with Crippen LogP contribution in [-0.4, -0.2) is 39.6 Å². The lowest BCUT2D eigenvalue weighted by Gasteiger charge is -2.15. The largest absolute Gasteiger partial charge is 0.454 e. The fraction of sp³-hybridized carbons (Fsp3) is 0.185. The zero-order valence-corrected chi connectivity index (χ0v) is 22.1. The number of nitrogens with one attached hydrogen (secondary N) is 1. The summed E-state index contributed by atoms with van der Waals surface area (Å²) >= 11 is 0. The smallest absolute Gasteiger partial charge is 0.336 e.